The molecule has 8 heteroatoms. The summed E-state index contributed by atoms with van der Waals surface area (Å²) in [4.78, 5) is 30.7. The SMILES string of the molecule is CC(NC(=O)N[C@H](Cc1cnc[nH]1)C(=O)O)c1cccs1. The van der Waals surface area contributed by atoms with Crippen LogP contribution in [0.1, 0.15) is 23.5 Å². The number of aromatic amines is 1. The maximum absolute atomic E-state index is 11.9. The molecule has 0 aliphatic carbocycles. The van der Waals surface area contributed by atoms with Gasteiger partial charge in [0.15, 0.2) is 0 Å². The molecular formula is C13H16N4O3S. The number of hydrogen-bond acceptors (Lipinski definition) is 4. The van der Waals surface area contributed by atoms with Crippen molar-refractivity contribution in [2.45, 2.75) is 25.4 Å². The number of amides is 2. The normalized spacial score (nSPS) is 13.4. The van der Waals surface area contributed by atoms with Gasteiger partial charge in [-0.3, -0.25) is 0 Å². The Balaban J connectivity index is 1.90. The number of nitrogens with one attached hydrogen (secondary N) is 3. The molecule has 0 bridgehead atoms. The second-order valence-electron chi connectivity index (χ2n) is 4.53. The zero-order chi connectivity index (χ0) is 15.2. The highest BCUT2D eigenvalue weighted by Gasteiger charge is 2.22. The Morgan fingerprint density at radius 2 is 2.29 bits per heavy atom. The molecule has 2 atom stereocenters. The van der Waals surface area contributed by atoms with E-state index in [1.165, 1.54) is 23.9 Å². The van der Waals surface area contributed by atoms with Crippen molar-refractivity contribution < 1.29 is 14.7 Å². The predicted molar refractivity (Wildman–Crippen MR) is 78.1 cm³/mol. The number of imidazole rings is 1. The van der Waals surface area contributed by atoms with Gasteiger partial charge in [-0.15, -0.1) is 11.3 Å². The lowest BCUT2D eigenvalue weighted by atomic mass is 10.1. The van der Waals surface area contributed by atoms with E-state index in [0.29, 0.717) is 5.69 Å². The minimum absolute atomic E-state index is 0.149. The maximum Gasteiger partial charge on any atom is 0.326 e. The summed E-state index contributed by atoms with van der Waals surface area (Å²) in [7, 11) is 0. The summed E-state index contributed by atoms with van der Waals surface area (Å²) in [6.45, 7) is 1.84. The summed E-state index contributed by atoms with van der Waals surface area (Å²) in [5.41, 5.74) is 0.647. The molecular weight excluding hydrogens is 292 g/mol. The van der Waals surface area contributed by atoms with Gasteiger partial charge in [0.25, 0.3) is 0 Å². The summed E-state index contributed by atoms with van der Waals surface area (Å²) in [5, 5.41) is 16.3. The second kappa shape index (κ2) is 6.89. The van der Waals surface area contributed by atoms with Crippen LogP contribution in [-0.2, 0) is 11.2 Å². The fourth-order valence-electron chi connectivity index (χ4n) is 1.82. The highest BCUT2D eigenvalue weighted by molar-refractivity contribution is 7.10. The number of H-pyrrole nitrogens is 1. The van der Waals surface area contributed by atoms with Crippen LogP contribution >= 0.6 is 11.3 Å². The lowest BCUT2D eigenvalue weighted by Gasteiger charge is -2.17. The van der Waals surface area contributed by atoms with Gasteiger partial charge in [-0.2, -0.15) is 0 Å². The van der Waals surface area contributed by atoms with E-state index < -0.39 is 18.0 Å². The van der Waals surface area contributed by atoms with Gasteiger partial charge in [0.1, 0.15) is 6.04 Å². The quantitative estimate of drug-likeness (QED) is 0.649. The fourth-order valence-corrected chi connectivity index (χ4v) is 2.56. The van der Waals surface area contributed by atoms with Crippen molar-refractivity contribution in [1.82, 2.24) is 20.6 Å². The van der Waals surface area contributed by atoms with Crippen molar-refractivity contribution in [3.8, 4) is 0 Å². The van der Waals surface area contributed by atoms with Gasteiger partial charge in [0, 0.05) is 23.2 Å². The standard InChI is InChI=1S/C13H16N4O3S/c1-8(11-3-2-4-21-11)16-13(20)17-10(12(18)19)5-9-6-14-7-15-9/h2-4,6-8,10H,5H2,1H3,(H,14,15)(H,18,19)(H2,16,17,20)/t8?,10-/m1/s1. The molecule has 112 valence electrons. The molecule has 0 radical (unpaired) electrons. The van der Waals surface area contributed by atoms with Crippen molar-refractivity contribution in [2.75, 3.05) is 0 Å². The molecule has 2 aromatic rings. The van der Waals surface area contributed by atoms with Gasteiger partial charge in [-0.05, 0) is 18.4 Å². The molecule has 2 aromatic heterocycles. The largest absolute Gasteiger partial charge is 0.480 e. The number of nitrogens with zero attached hydrogens (tertiary/aromatic N) is 1. The Hall–Kier alpha value is -2.35. The number of aliphatic carboxylic acids is 1. The van der Waals surface area contributed by atoms with E-state index in [2.05, 4.69) is 20.6 Å². The molecule has 0 aromatic carbocycles. The third kappa shape index (κ3) is 4.32. The van der Waals surface area contributed by atoms with Crippen LogP contribution in [0.25, 0.3) is 0 Å². The number of carboxylic acids is 1. The van der Waals surface area contributed by atoms with Gasteiger partial charge in [0.05, 0.1) is 12.4 Å². The van der Waals surface area contributed by atoms with E-state index in [1.807, 2.05) is 24.4 Å². The number of carbonyl (C=O) groups excluding carboxylic acids is 1. The summed E-state index contributed by atoms with van der Waals surface area (Å²) >= 11 is 1.53. The average Bonchev–Trinajstić information content (AvgIpc) is 3.10. The summed E-state index contributed by atoms with van der Waals surface area (Å²) in [5.74, 6) is -1.09. The fraction of sp³-hybridized carbons (Fsp3) is 0.308. The summed E-state index contributed by atoms with van der Waals surface area (Å²) in [6, 6.07) is 2.11. The highest BCUT2D eigenvalue weighted by Crippen LogP contribution is 2.17. The molecule has 4 N–H and O–H groups in total. The van der Waals surface area contributed by atoms with Crippen LogP contribution in [0.15, 0.2) is 30.0 Å². The number of rotatable bonds is 6. The molecule has 2 amide bonds. The number of hydrogen-bond donors (Lipinski definition) is 4. The van der Waals surface area contributed by atoms with Gasteiger partial charge in [-0.1, -0.05) is 6.07 Å². The minimum Gasteiger partial charge on any atom is -0.480 e. The van der Waals surface area contributed by atoms with Crippen molar-refractivity contribution in [1.29, 1.82) is 0 Å². The maximum atomic E-state index is 11.9. The Bertz CT molecular complexity index is 583. The molecule has 1 unspecified atom stereocenters. The minimum atomic E-state index is -1.09. The number of thiophene rings is 1. The number of carboxylic acid groups (broad SMARTS) is 1. The average molecular weight is 308 g/mol. The van der Waals surface area contributed by atoms with Gasteiger partial charge >= 0.3 is 12.0 Å². The first kappa shape index (κ1) is 15.0. The Kier molecular flexibility index (Phi) is 4.94. The van der Waals surface area contributed by atoms with E-state index in [4.69, 9.17) is 5.11 Å². The van der Waals surface area contributed by atoms with E-state index in [1.54, 1.807) is 0 Å². The zero-order valence-corrected chi connectivity index (χ0v) is 12.2. The number of aromatic nitrogens is 2. The van der Waals surface area contributed by atoms with Crippen LogP contribution in [0.5, 0.6) is 0 Å². The molecule has 21 heavy (non-hydrogen) atoms. The molecule has 7 nitrogen and oxygen atoms in total. The van der Waals surface area contributed by atoms with Gasteiger partial charge < -0.3 is 20.7 Å². The molecule has 0 aliphatic rings. The lowest BCUT2D eigenvalue weighted by molar-refractivity contribution is -0.139. The third-order valence-corrected chi connectivity index (χ3v) is 3.95. The van der Waals surface area contributed by atoms with Crippen LogP contribution in [0, 0.1) is 0 Å². The Labute approximate surface area is 125 Å². The summed E-state index contributed by atoms with van der Waals surface area (Å²) < 4.78 is 0. The Morgan fingerprint density at radius 1 is 1.48 bits per heavy atom. The van der Waals surface area contributed by atoms with Gasteiger partial charge in [0.2, 0.25) is 0 Å². The van der Waals surface area contributed by atoms with Crippen molar-refractivity contribution in [2.24, 2.45) is 0 Å². The lowest BCUT2D eigenvalue weighted by Crippen LogP contribution is -2.47. The van der Waals surface area contributed by atoms with Crippen LogP contribution in [-0.4, -0.2) is 33.1 Å². The molecule has 0 fully saturated rings. The van der Waals surface area contributed by atoms with E-state index in [9.17, 15) is 9.59 Å². The molecule has 0 saturated carbocycles. The number of carbonyl (C=O) groups is 2. The van der Waals surface area contributed by atoms with E-state index in [0.717, 1.165) is 4.88 Å². The van der Waals surface area contributed by atoms with Crippen LogP contribution in [0.2, 0.25) is 0 Å². The Morgan fingerprint density at radius 3 is 2.86 bits per heavy atom. The predicted octanol–water partition coefficient (Wildman–Crippen LogP) is 1.53. The van der Waals surface area contributed by atoms with Gasteiger partial charge in [-0.25, -0.2) is 14.6 Å². The van der Waals surface area contributed by atoms with Crippen molar-refractivity contribution in [3.63, 3.8) is 0 Å². The zero-order valence-electron chi connectivity index (χ0n) is 11.4. The van der Waals surface area contributed by atoms with Crippen molar-refractivity contribution >= 4 is 23.3 Å². The first-order chi connectivity index (χ1) is 10.1. The second-order valence-corrected chi connectivity index (χ2v) is 5.51. The van der Waals surface area contributed by atoms with E-state index in [-0.39, 0.29) is 12.5 Å². The molecule has 0 spiro atoms. The molecule has 2 heterocycles. The first-order valence-electron chi connectivity index (χ1n) is 6.36. The molecule has 2 rings (SSSR count). The third-order valence-electron chi connectivity index (χ3n) is 2.90. The first-order valence-corrected chi connectivity index (χ1v) is 7.24. The molecule has 0 saturated heterocycles. The topological polar surface area (TPSA) is 107 Å². The summed E-state index contributed by atoms with van der Waals surface area (Å²) in [6.07, 6.45) is 3.15. The smallest absolute Gasteiger partial charge is 0.326 e. The van der Waals surface area contributed by atoms with Crippen LogP contribution in [0.4, 0.5) is 4.79 Å². The van der Waals surface area contributed by atoms with E-state index >= 15 is 0 Å². The molecule has 0 aliphatic heterocycles. The van der Waals surface area contributed by atoms with Crippen molar-refractivity contribution in [3.05, 3.63) is 40.6 Å². The van der Waals surface area contributed by atoms with Crippen LogP contribution < -0.4 is 10.6 Å². The van der Waals surface area contributed by atoms with Crippen LogP contribution in [0.3, 0.4) is 0 Å². The number of urea groups is 1. The monoisotopic (exact) mass is 308 g/mol. The highest BCUT2D eigenvalue weighted by atomic mass is 32.1.